The molecule has 2 N–H and O–H groups in total. The van der Waals surface area contributed by atoms with Gasteiger partial charge in [0.05, 0.1) is 12.4 Å². The van der Waals surface area contributed by atoms with Crippen molar-refractivity contribution in [2.75, 3.05) is 12.1 Å². The van der Waals surface area contributed by atoms with Crippen molar-refractivity contribution in [3.05, 3.63) is 71.7 Å². The van der Waals surface area contributed by atoms with Gasteiger partial charge in [-0.3, -0.25) is 4.79 Å². The summed E-state index contributed by atoms with van der Waals surface area (Å²) in [7, 11) is 0. The maximum Gasteiger partial charge on any atom is 0.271 e. The minimum atomic E-state index is -0.289. The zero-order chi connectivity index (χ0) is 18.6. The molecule has 3 aromatic rings. The second-order valence-electron chi connectivity index (χ2n) is 6.10. The Hall–Kier alpha value is -3.61. The normalized spacial score (nSPS) is 11.9. The Kier molecular flexibility index (Phi) is 4.57. The second kappa shape index (κ2) is 7.33. The number of ether oxygens (including phenoxy) is 2. The highest BCUT2D eigenvalue weighted by Crippen LogP contribution is 2.32. The number of carbonyl (C=O) groups excluding carboxylic acids is 1. The van der Waals surface area contributed by atoms with Crippen LogP contribution in [0.2, 0.25) is 0 Å². The van der Waals surface area contributed by atoms with Crippen molar-refractivity contribution in [3.8, 4) is 11.5 Å². The topological polar surface area (TPSA) is 85.4 Å². The van der Waals surface area contributed by atoms with Gasteiger partial charge < -0.3 is 20.1 Å². The van der Waals surface area contributed by atoms with Gasteiger partial charge in [-0.1, -0.05) is 24.3 Å². The van der Waals surface area contributed by atoms with Crippen LogP contribution in [-0.4, -0.2) is 22.7 Å². The van der Waals surface area contributed by atoms with Gasteiger partial charge in [0.15, 0.2) is 11.5 Å². The Morgan fingerprint density at radius 3 is 2.74 bits per heavy atom. The number of hydrogen-bond acceptors (Lipinski definition) is 6. The fraction of sp³-hybridized carbons (Fsp3) is 0.150. The Morgan fingerprint density at radius 2 is 1.93 bits per heavy atom. The van der Waals surface area contributed by atoms with Crippen molar-refractivity contribution in [2.45, 2.75) is 13.5 Å². The van der Waals surface area contributed by atoms with Crippen molar-refractivity contribution < 1.29 is 14.3 Å². The van der Waals surface area contributed by atoms with Gasteiger partial charge in [-0.05, 0) is 36.2 Å². The molecule has 1 amide bonds. The van der Waals surface area contributed by atoms with Gasteiger partial charge in [0.1, 0.15) is 11.5 Å². The maximum absolute atomic E-state index is 12.3. The van der Waals surface area contributed by atoms with Crippen LogP contribution in [0.25, 0.3) is 0 Å². The summed E-state index contributed by atoms with van der Waals surface area (Å²) in [6.07, 6.45) is 3.00. The quantitative estimate of drug-likeness (QED) is 0.725. The summed E-state index contributed by atoms with van der Waals surface area (Å²) in [6, 6.07) is 13.4. The molecule has 136 valence electrons. The molecule has 27 heavy (non-hydrogen) atoms. The maximum atomic E-state index is 12.3. The molecular formula is C20H18N4O3. The van der Waals surface area contributed by atoms with Crippen LogP contribution in [-0.2, 0) is 6.54 Å². The Balaban J connectivity index is 1.37. The lowest BCUT2D eigenvalue weighted by molar-refractivity contribution is 0.0945. The first-order valence-corrected chi connectivity index (χ1v) is 8.50. The van der Waals surface area contributed by atoms with Crippen LogP contribution >= 0.6 is 0 Å². The Bertz CT molecular complexity index is 973. The summed E-state index contributed by atoms with van der Waals surface area (Å²) in [6.45, 7) is 2.59. The first-order chi connectivity index (χ1) is 13.2. The molecular weight excluding hydrogens is 344 g/mol. The average molecular weight is 362 g/mol. The smallest absolute Gasteiger partial charge is 0.271 e. The highest BCUT2D eigenvalue weighted by atomic mass is 16.7. The van der Waals surface area contributed by atoms with Gasteiger partial charge in [-0.25, -0.2) is 9.97 Å². The van der Waals surface area contributed by atoms with E-state index < -0.39 is 0 Å². The van der Waals surface area contributed by atoms with Gasteiger partial charge in [0, 0.05) is 12.2 Å². The van der Waals surface area contributed by atoms with Crippen LogP contribution < -0.4 is 20.1 Å². The summed E-state index contributed by atoms with van der Waals surface area (Å²) in [5.41, 5.74) is 3.22. The predicted octanol–water partition coefficient (Wildman–Crippen LogP) is 3.19. The molecule has 0 spiro atoms. The van der Waals surface area contributed by atoms with Gasteiger partial charge in [-0.2, -0.15) is 0 Å². The van der Waals surface area contributed by atoms with Crippen molar-refractivity contribution >= 4 is 17.4 Å². The lowest BCUT2D eigenvalue weighted by atomic mass is 10.2. The summed E-state index contributed by atoms with van der Waals surface area (Å²) in [5, 5.41) is 6.02. The van der Waals surface area contributed by atoms with E-state index in [9.17, 15) is 4.79 Å². The number of benzene rings is 2. The lowest BCUT2D eigenvalue weighted by Gasteiger charge is -2.09. The van der Waals surface area contributed by atoms with E-state index in [0.29, 0.717) is 23.9 Å². The van der Waals surface area contributed by atoms with Crippen molar-refractivity contribution in [3.63, 3.8) is 0 Å². The monoisotopic (exact) mass is 362 g/mol. The zero-order valence-corrected chi connectivity index (χ0v) is 14.7. The summed E-state index contributed by atoms with van der Waals surface area (Å²) >= 11 is 0. The highest BCUT2D eigenvalue weighted by Gasteiger charge is 2.14. The van der Waals surface area contributed by atoms with Gasteiger partial charge in [0.2, 0.25) is 6.79 Å². The number of fused-ring (bicyclic) bond motifs is 1. The number of amides is 1. The molecule has 1 aromatic heterocycles. The van der Waals surface area contributed by atoms with Crippen molar-refractivity contribution in [1.29, 1.82) is 0 Å². The molecule has 7 heteroatoms. The number of carbonyl (C=O) groups is 1. The lowest BCUT2D eigenvalue weighted by Crippen LogP contribution is -2.24. The standard InChI is InChI=1S/C20H18N4O3/c1-13-4-2-3-5-15(13)24-19-11-21-16(10-22-19)20(25)23-9-14-6-7-17-18(8-14)27-12-26-17/h2-8,10-11H,9,12H2,1H3,(H,22,24)(H,23,25). The van der Waals surface area contributed by atoms with Crippen LogP contribution in [0.5, 0.6) is 11.5 Å². The number of nitrogens with one attached hydrogen (secondary N) is 2. The molecule has 0 saturated heterocycles. The third kappa shape index (κ3) is 3.82. The van der Waals surface area contributed by atoms with E-state index in [2.05, 4.69) is 20.6 Å². The molecule has 1 aliphatic heterocycles. The molecule has 0 bridgehead atoms. The molecule has 0 saturated carbocycles. The van der Waals surface area contributed by atoms with Crippen LogP contribution in [0.3, 0.4) is 0 Å². The first kappa shape index (κ1) is 16.8. The fourth-order valence-corrected chi connectivity index (χ4v) is 2.68. The number of para-hydroxylation sites is 1. The van der Waals surface area contributed by atoms with Crippen LogP contribution in [0.1, 0.15) is 21.6 Å². The van der Waals surface area contributed by atoms with Crippen LogP contribution in [0, 0.1) is 6.92 Å². The van der Waals surface area contributed by atoms with Crippen LogP contribution in [0.4, 0.5) is 11.5 Å². The zero-order valence-electron chi connectivity index (χ0n) is 14.7. The number of hydrogen-bond donors (Lipinski definition) is 2. The van der Waals surface area contributed by atoms with Gasteiger partial charge in [0.25, 0.3) is 5.91 Å². The Morgan fingerprint density at radius 1 is 1.07 bits per heavy atom. The minimum Gasteiger partial charge on any atom is -0.454 e. The molecule has 0 aliphatic carbocycles. The van der Waals surface area contributed by atoms with E-state index >= 15 is 0 Å². The highest BCUT2D eigenvalue weighted by molar-refractivity contribution is 5.92. The minimum absolute atomic E-state index is 0.226. The predicted molar refractivity (Wildman–Crippen MR) is 100 cm³/mol. The van der Waals surface area contributed by atoms with E-state index in [0.717, 1.165) is 16.8 Å². The summed E-state index contributed by atoms with van der Waals surface area (Å²) in [5.74, 6) is 1.69. The third-order valence-corrected chi connectivity index (χ3v) is 4.18. The fourth-order valence-electron chi connectivity index (χ4n) is 2.68. The molecule has 2 aromatic carbocycles. The molecule has 1 aliphatic rings. The van der Waals surface area contributed by atoms with E-state index in [-0.39, 0.29) is 18.4 Å². The van der Waals surface area contributed by atoms with Crippen molar-refractivity contribution in [1.82, 2.24) is 15.3 Å². The molecule has 2 heterocycles. The summed E-state index contributed by atoms with van der Waals surface area (Å²) in [4.78, 5) is 20.7. The van der Waals surface area contributed by atoms with Gasteiger partial charge >= 0.3 is 0 Å². The molecule has 0 atom stereocenters. The molecule has 0 fully saturated rings. The molecule has 0 radical (unpaired) electrons. The number of nitrogens with zero attached hydrogens (tertiary/aromatic N) is 2. The first-order valence-electron chi connectivity index (χ1n) is 8.50. The van der Waals surface area contributed by atoms with E-state index in [1.807, 2.05) is 49.4 Å². The van der Waals surface area contributed by atoms with E-state index in [1.54, 1.807) is 6.20 Å². The van der Waals surface area contributed by atoms with Crippen molar-refractivity contribution in [2.24, 2.45) is 0 Å². The molecule has 0 unspecified atom stereocenters. The number of rotatable bonds is 5. The summed E-state index contributed by atoms with van der Waals surface area (Å²) < 4.78 is 10.6. The average Bonchev–Trinajstić information content (AvgIpc) is 3.16. The second-order valence-corrected chi connectivity index (χ2v) is 6.10. The number of anilines is 2. The van der Waals surface area contributed by atoms with E-state index in [4.69, 9.17) is 9.47 Å². The Labute approximate surface area is 156 Å². The van der Waals surface area contributed by atoms with E-state index in [1.165, 1.54) is 6.20 Å². The SMILES string of the molecule is Cc1ccccc1Nc1cnc(C(=O)NCc2ccc3c(c2)OCO3)cn1. The number of aromatic nitrogens is 2. The largest absolute Gasteiger partial charge is 0.454 e. The number of aryl methyl sites for hydroxylation is 1. The van der Waals surface area contributed by atoms with Crippen LogP contribution in [0.15, 0.2) is 54.9 Å². The molecule has 4 rings (SSSR count). The molecule has 7 nitrogen and oxygen atoms in total. The third-order valence-electron chi connectivity index (χ3n) is 4.18. The van der Waals surface area contributed by atoms with Gasteiger partial charge in [-0.15, -0.1) is 0 Å².